The summed E-state index contributed by atoms with van der Waals surface area (Å²) in [5, 5.41) is 23.1. The maximum Gasteiger partial charge on any atom is 0.224 e. The Hall–Kier alpha value is -1.91. The van der Waals surface area contributed by atoms with Gasteiger partial charge < -0.3 is 15.5 Å². The van der Waals surface area contributed by atoms with Crippen LogP contribution in [0, 0.1) is 0 Å². The van der Waals surface area contributed by atoms with E-state index in [1.807, 2.05) is 12.2 Å². The van der Waals surface area contributed by atoms with Crippen molar-refractivity contribution in [3.05, 3.63) is 60.8 Å². The number of unbranched alkanes of at least 4 members (excludes halogenated alkanes) is 23. The van der Waals surface area contributed by atoms with Gasteiger partial charge in [-0.15, -0.1) is 0 Å². The van der Waals surface area contributed by atoms with Gasteiger partial charge in [0.2, 0.25) is 5.91 Å². The normalized spacial score (nSPS) is 13.6. The van der Waals surface area contributed by atoms with Gasteiger partial charge in [0.05, 0.1) is 18.8 Å². The largest absolute Gasteiger partial charge is 0.394 e. The van der Waals surface area contributed by atoms with Gasteiger partial charge in [-0.05, 0) is 38.5 Å². The lowest BCUT2D eigenvalue weighted by atomic mass is 10.0. The molecule has 0 heterocycles. The van der Waals surface area contributed by atoms with E-state index in [-0.39, 0.29) is 18.9 Å². The van der Waals surface area contributed by atoms with Crippen LogP contribution >= 0.6 is 0 Å². The van der Waals surface area contributed by atoms with E-state index in [2.05, 4.69) is 67.8 Å². The van der Waals surface area contributed by atoms with Crippen molar-refractivity contribution in [3.8, 4) is 0 Å². The van der Waals surface area contributed by atoms with Crippen LogP contribution in [0.15, 0.2) is 60.8 Å². The first-order chi connectivity index (χ1) is 25.2. The molecule has 51 heavy (non-hydrogen) atoms. The Kier molecular flexibility index (Phi) is 40.9. The maximum atomic E-state index is 12.3. The molecule has 2 unspecified atom stereocenters. The molecule has 0 saturated carbocycles. The van der Waals surface area contributed by atoms with Crippen LogP contribution in [-0.4, -0.2) is 34.9 Å². The highest BCUT2D eigenvalue weighted by molar-refractivity contribution is 5.77. The molecule has 0 bridgehead atoms. The van der Waals surface area contributed by atoms with E-state index in [4.69, 9.17) is 0 Å². The summed E-state index contributed by atoms with van der Waals surface area (Å²) in [7, 11) is 0. The van der Waals surface area contributed by atoms with Gasteiger partial charge in [-0.1, -0.05) is 229 Å². The number of carbonyl (C=O) groups is 1. The second kappa shape index (κ2) is 42.5. The van der Waals surface area contributed by atoms with Gasteiger partial charge in [0.15, 0.2) is 0 Å². The molecule has 1 amide bonds. The summed E-state index contributed by atoms with van der Waals surface area (Å²) in [6.07, 6.45) is 59.0. The van der Waals surface area contributed by atoms with Crippen molar-refractivity contribution in [2.24, 2.45) is 0 Å². The Balaban J connectivity index is 3.58. The van der Waals surface area contributed by atoms with E-state index in [0.29, 0.717) is 6.42 Å². The number of aliphatic hydroxyl groups excluding tert-OH is 2. The fourth-order valence-corrected chi connectivity index (χ4v) is 6.49. The molecule has 0 rings (SSSR count). The molecule has 0 saturated heterocycles. The molecule has 4 nitrogen and oxygen atoms in total. The quantitative estimate of drug-likeness (QED) is 0.0439. The molecule has 0 radical (unpaired) electrons. The number of hydrogen-bond acceptors (Lipinski definition) is 3. The molecule has 0 aromatic heterocycles. The van der Waals surface area contributed by atoms with E-state index in [0.717, 1.165) is 44.9 Å². The first kappa shape index (κ1) is 49.1. The van der Waals surface area contributed by atoms with Gasteiger partial charge in [0.25, 0.3) is 0 Å². The zero-order valence-corrected chi connectivity index (χ0v) is 33.9. The van der Waals surface area contributed by atoms with Gasteiger partial charge in [-0.25, -0.2) is 0 Å². The van der Waals surface area contributed by atoms with Crippen molar-refractivity contribution in [3.63, 3.8) is 0 Å². The predicted octanol–water partition coefficient (Wildman–Crippen LogP) is 13.7. The minimum Gasteiger partial charge on any atom is -0.394 e. The highest BCUT2D eigenvalue weighted by Gasteiger charge is 2.19. The van der Waals surface area contributed by atoms with Gasteiger partial charge in [-0.3, -0.25) is 4.79 Å². The van der Waals surface area contributed by atoms with E-state index in [1.54, 1.807) is 0 Å². The Morgan fingerprint density at radius 2 is 0.784 bits per heavy atom. The van der Waals surface area contributed by atoms with Crippen LogP contribution < -0.4 is 5.32 Å². The van der Waals surface area contributed by atoms with Crippen molar-refractivity contribution >= 4 is 5.91 Å². The topological polar surface area (TPSA) is 69.6 Å². The molecule has 0 aromatic carbocycles. The van der Waals surface area contributed by atoms with Crippen LogP contribution in [0.25, 0.3) is 0 Å². The molecular formula is C47H85NO3. The molecule has 3 N–H and O–H groups in total. The summed E-state index contributed by atoms with van der Waals surface area (Å²) >= 11 is 0. The summed E-state index contributed by atoms with van der Waals surface area (Å²) in [6.45, 7) is 4.20. The molecule has 0 aliphatic rings. The molecule has 0 aliphatic heterocycles. The van der Waals surface area contributed by atoms with Crippen LogP contribution in [0.2, 0.25) is 0 Å². The number of rotatable bonds is 39. The van der Waals surface area contributed by atoms with Crippen LogP contribution in [0.1, 0.15) is 213 Å². The molecule has 0 fully saturated rings. The Morgan fingerprint density at radius 3 is 1.12 bits per heavy atom. The van der Waals surface area contributed by atoms with Gasteiger partial charge >= 0.3 is 0 Å². The van der Waals surface area contributed by atoms with Crippen molar-refractivity contribution in [2.75, 3.05) is 6.61 Å². The molecule has 0 spiro atoms. The average molecular weight is 712 g/mol. The number of carbonyl (C=O) groups excluding carboxylic acids is 1. The predicted molar refractivity (Wildman–Crippen MR) is 225 cm³/mol. The monoisotopic (exact) mass is 712 g/mol. The zero-order valence-electron chi connectivity index (χ0n) is 33.9. The smallest absolute Gasteiger partial charge is 0.224 e. The van der Waals surface area contributed by atoms with Crippen LogP contribution in [0.3, 0.4) is 0 Å². The fourth-order valence-electron chi connectivity index (χ4n) is 6.49. The summed E-state index contributed by atoms with van der Waals surface area (Å²) < 4.78 is 0. The molecular weight excluding hydrogens is 627 g/mol. The molecule has 0 aliphatic carbocycles. The fraction of sp³-hybridized carbons (Fsp3) is 0.766. The summed E-state index contributed by atoms with van der Waals surface area (Å²) in [6, 6.07) is -0.593. The lowest BCUT2D eigenvalue weighted by Crippen LogP contribution is -2.45. The highest BCUT2D eigenvalue weighted by Crippen LogP contribution is 2.16. The number of amides is 1. The van der Waals surface area contributed by atoms with Crippen molar-refractivity contribution in [2.45, 2.75) is 225 Å². The summed E-state index contributed by atoms with van der Waals surface area (Å²) in [5.74, 6) is -0.158. The van der Waals surface area contributed by atoms with Gasteiger partial charge in [0.1, 0.15) is 0 Å². The van der Waals surface area contributed by atoms with Crippen LogP contribution in [0.5, 0.6) is 0 Å². The van der Waals surface area contributed by atoms with Gasteiger partial charge in [0, 0.05) is 6.42 Å². The molecule has 2 atom stereocenters. The van der Waals surface area contributed by atoms with E-state index >= 15 is 0 Å². The second-order valence-electron chi connectivity index (χ2n) is 14.8. The number of aliphatic hydroxyl groups is 2. The first-order valence-electron chi connectivity index (χ1n) is 22.0. The highest BCUT2D eigenvalue weighted by atomic mass is 16.3. The van der Waals surface area contributed by atoms with Crippen molar-refractivity contribution in [1.82, 2.24) is 5.32 Å². The number of allylic oxidation sites excluding steroid dienone is 9. The van der Waals surface area contributed by atoms with Crippen molar-refractivity contribution in [1.29, 1.82) is 0 Å². The van der Waals surface area contributed by atoms with E-state index in [9.17, 15) is 15.0 Å². The second-order valence-corrected chi connectivity index (χ2v) is 14.8. The zero-order chi connectivity index (χ0) is 37.1. The summed E-state index contributed by atoms with van der Waals surface area (Å²) in [4.78, 5) is 12.3. The Bertz CT molecular complexity index is 858. The van der Waals surface area contributed by atoms with E-state index in [1.165, 1.54) is 141 Å². The minimum absolute atomic E-state index is 0.158. The van der Waals surface area contributed by atoms with Gasteiger partial charge in [-0.2, -0.15) is 0 Å². The number of nitrogens with one attached hydrogen (secondary N) is 1. The molecule has 0 aromatic rings. The third-order valence-electron chi connectivity index (χ3n) is 9.82. The lowest BCUT2D eigenvalue weighted by Gasteiger charge is -2.22. The Labute approximate surface area is 317 Å². The third-order valence-corrected chi connectivity index (χ3v) is 9.82. The third kappa shape index (κ3) is 39.1. The summed E-state index contributed by atoms with van der Waals surface area (Å²) in [5.41, 5.74) is 0. The first-order valence-corrected chi connectivity index (χ1v) is 22.0. The van der Waals surface area contributed by atoms with E-state index < -0.39 is 12.1 Å². The van der Waals surface area contributed by atoms with Crippen LogP contribution in [0.4, 0.5) is 0 Å². The van der Waals surface area contributed by atoms with Crippen LogP contribution in [-0.2, 0) is 4.79 Å². The van der Waals surface area contributed by atoms with Crippen molar-refractivity contribution < 1.29 is 15.0 Å². The Morgan fingerprint density at radius 1 is 0.471 bits per heavy atom. The standard InChI is InChI=1S/C47H85NO3/c1-3-5-7-9-11-13-15-17-19-20-21-22-23-24-25-26-27-29-30-32-34-36-38-40-42-46(50)45(44-49)48-47(51)43-41-39-37-35-33-31-28-18-16-14-12-10-8-6-4-2/h6,8,12,14,18,28,33,35,39,41,45-46,49-50H,3-5,7,9-11,13,15-17,19-27,29-32,34,36-38,40,42-44H2,1-2H3,(H,48,51)/b8-6-,14-12-,28-18-,35-33-,41-39-. The average Bonchev–Trinajstić information content (AvgIpc) is 3.13. The lowest BCUT2D eigenvalue weighted by molar-refractivity contribution is -0.122. The maximum absolute atomic E-state index is 12.3. The molecule has 296 valence electrons. The minimum atomic E-state index is -0.702. The number of hydrogen-bond donors (Lipinski definition) is 3. The SMILES string of the molecule is CC/C=C\C/C=C\C/C=C\C/C=C\C/C=C\CC(=O)NC(CO)C(O)CCCCCCCCCCCCCCCCCCCCCCCCCC. The molecule has 4 heteroatoms.